The van der Waals surface area contributed by atoms with Gasteiger partial charge < -0.3 is 10.2 Å². The molecule has 2 amide bonds. The zero-order valence-corrected chi connectivity index (χ0v) is 16.5. The summed E-state index contributed by atoms with van der Waals surface area (Å²) in [5.41, 5.74) is 1.66. The third kappa shape index (κ3) is 5.10. The van der Waals surface area contributed by atoms with Crippen LogP contribution in [0.3, 0.4) is 0 Å². The fraction of sp³-hybridized carbons (Fsp3) is 0.300. The first kappa shape index (κ1) is 19.9. The normalized spacial score (nSPS) is 14.4. The van der Waals surface area contributed by atoms with Gasteiger partial charge >= 0.3 is 0 Å². The number of piperidine rings is 1. The smallest absolute Gasteiger partial charge is 0.255 e. The lowest BCUT2D eigenvalue weighted by atomic mass is 10.1. The van der Waals surface area contributed by atoms with Crippen LogP contribution in [0.1, 0.15) is 40.0 Å². The average Bonchev–Trinajstić information content (AvgIpc) is 2.68. The van der Waals surface area contributed by atoms with Gasteiger partial charge in [0.1, 0.15) is 0 Å². The number of benzene rings is 2. The lowest BCUT2D eigenvalue weighted by Gasteiger charge is -2.27. The van der Waals surface area contributed by atoms with Gasteiger partial charge in [0.2, 0.25) is 10.0 Å². The molecule has 0 atom stereocenters. The molecule has 2 aromatic carbocycles. The van der Waals surface area contributed by atoms with Crippen molar-refractivity contribution in [2.45, 2.75) is 19.3 Å². The van der Waals surface area contributed by atoms with Gasteiger partial charge in [-0.3, -0.25) is 14.3 Å². The van der Waals surface area contributed by atoms with Gasteiger partial charge in [-0.25, -0.2) is 8.42 Å². The van der Waals surface area contributed by atoms with Crippen LogP contribution in [-0.2, 0) is 10.0 Å². The molecule has 0 aliphatic carbocycles. The molecule has 0 unspecified atom stereocenters. The molecule has 1 heterocycles. The molecular formula is C20H23N3O4S. The Bertz CT molecular complexity index is 965. The summed E-state index contributed by atoms with van der Waals surface area (Å²) < 4.78 is 24.9. The predicted molar refractivity (Wildman–Crippen MR) is 109 cm³/mol. The Morgan fingerprint density at radius 3 is 2.21 bits per heavy atom. The number of nitrogens with zero attached hydrogens (tertiary/aromatic N) is 1. The summed E-state index contributed by atoms with van der Waals surface area (Å²) in [6, 6.07) is 13.0. The Morgan fingerprint density at radius 1 is 0.929 bits per heavy atom. The van der Waals surface area contributed by atoms with E-state index in [-0.39, 0.29) is 11.8 Å². The maximum atomic E-state index is 12.8. The SMILES string of the molecule is CS(=O)(=O)Nc1ccc(C(=O)Nc2ccccc2C(=O)N2CCCCC2)cc1. The fourth-order valence-corrected chi connectivity index (χ4v) is 3.71. The van der Waals surface area contributed by atoms with E-state index >= 15 is 0 Å². The standard InChI is InChI=1S/C20H23N3O4S/c1-28(26,27)22-16-11-9-15(10-12-16)19(24)21-18-8-4-3-7-17(18)20(25)23-13-5-2-6-14-23/h3-4,7-12,22H,2,5-6,13-14H2,1H3,(H,21,24). The number of amides is 2. The first-order valence-corrected chi connectivity index (χ1v) is 11.0. The molecule has 8 heteroatoms. The molecule has 1 saturated heterocycles. The first-order valence-electron chi connectivity index (χ1n) is 9.11. The lowest BCUT2D eigenvalue weighted by molar-refractivity contribution is 0.0725. The van der Waals surface area contributed by atoms with Crippen molar-refractivity contribution in [3.05, 3.63) is 59.7 Å². The summed E-state index contributed by atoms with van der Waals surface area (Å²) in [4.78, 5) is 27.2. The molecule has 0 saturated carbocycles. The minimum Gasteiger partial charge on any atom is -0.339 e. The average molecular weight is 401 g/mol. The number of carbonyl (C=O) groups excluding carboxylic acids is 2. The largest absolute Gasteiger partial charge is 0.339 e. The number of rotatable bonds is 5. The molecule has 0 bridgehead atoms. The van der Waals surface area contributed by atoms with Gasteiger partial charge in [0, 0.05) is 24.3 Å². The number of para-hydroxylation sites is 1. The maximum Gasteiger partial charge on any atom is 0.255 e. The number of carbonyl (C=O) groups is 2. The van der Waals surface area contributed by atoms with Crippen LogP contribution in [0.5, 0.6) is 0 Å². The maximum absolute atomic E-state index is 12.8. The minimum absolute atomic E-state index is 0.0803. The van der Waals surface area contributed by atoms with Crippen LogP contribution in [0.2, 0.25) is 0 Å². The number of sulfonamides is 1. The topological polar surface area (TPSA) is 95.6 Å². The van der Waals surface area contributed by atoms with E-state index < -0.39 is 10.0 Å². The van der Waals surface area contributed by atoms with E-state index in [1.807, 2.05) is 4.90 Å². The molecule has 0 spiro atoms. The van der Waals surface area contributed by atoms with Gasteiger partial charge in [-0.2, -0.15) is 0 Å². The van der Waals surface area contributed by atoms with Gasteiger partial charge in [0.05, 0.1) is 17.5 Å². The van der Waals surface area contributed by atoms with Crippen molar-refractivity contribution in [1.29, 1.82) is 0 Å². The molecule has 28 heavy (non-hydrogen) atoms. The highest BCUT2D eigenvalue weighted by atomic mass is 32.2. The summed E-state index contributed by atoms with van der Waals surface area (Å²) in [5.74, 6) is -0.451. The Hall–Kier alpha value is -2.87. The molecule has 3 rings (SSSR count). The minimum atomic E-state index is -3.38. The number of likely N-dealkylation sites (tertiary alicyclic amines) is 1. The van der Waals surface area contributed by atoms with E-state index in [9.17, 15) is 18.0 Å². The number of anilines is 2. The third-order valence-corrected chi connectivity index (χ3v) is 5.11. The number of hydrogen-bond donors (Lipinski definition) is 2. The Balaban J connectivity index is 1.74. The Morgan fingerprint density at radius 2 is 1.57 bits per heavy atom. The van der Waals surface area contributed by atoms with Crippen LogP contribution >= 0.6 is 0 Å². The summed E-state index contributed by atoms with van der Waals surface area (Å²) in [6.07, 6.45) is 4.18. The highest BCUT2D eigenvalue weighted by Gasteiger charge is 2.21. The van der Waals surface area contributed by atoms with Crippen molar-refractivity contribution >= 4 is 33.2 Å². The second kappa shape index (κ2) is 8.43. The van der Waals surface area contributed by atoms with E-state index in [1.54, 1.807) is 24.3 Å². The molecule has 7 nitrogen and oxygen atoms in total. The second-order valence-corrected chi connectivity index (χ2v) is 8.55. The fourth-order valence-electron chi connectivity index (χ4n) is 3.14. The van der Waals surface area contributed by atoms with Crippen molar-refractivity contribution in [3.63, 3.8) is 0 Å². The zero-order valence-electron chi connectivity index (χ0n) is 15.6. The molecule has 2 aromatic rings. The van der Waals surface area contributed by atoms with Crippen molar-refractivity contribution in [3.8, 4) is 0 Å². The van der Waals surface area contributed by atoms with Crippen LogP contribution < -0.4 is 10.0 Å². The first-order chi connectivity index (χ1) is 13.3. The van der Waals surface area contributed by atoms with E-state index in [1.165, 1.54) is 24.3 Å². The Kier molecular flexibility index (Phi) is 5.99. The highest BCUT2D eigenvalue weighted by Crippen LogP contribution is 2.21. The van der Waals surface area contributed by atoms with E-state index in [4.69, 9.17) is 0 Å². The summed E-state index contributed by atoms with van der Waals surface area (Å²) in [6.45, 7) is 1.46. The van der Waals surface area contributed by atoms with E-state index in [0.29, 0.717) is 22.5 Å². The molecule has 148 valence electrons. The summed E-state index contributed by atoms with van der Waals surface area (Å²) in [5, 5.41) is 2.79. The van der Waals surface area contributed by atoms with Crippen LogP contribution in [-0.4, -0.2) is 44.5 Å². The van der Waals surface area contributed by atoms with Gasteiger partial charge in [0.15, 0.2) is 0 Å². The van der Waals surface area contributed by atoms with Crippen LogP contribution in [0, 0.1) is 0 Å². The van der Waals surface area contributed by atoms with E-state index in [0.717, 1.165) is 38.6 Å². The molecular weight excluding hydrogens is 378 g/mol. The highest BCUT2D eigenvalue weighted by molar-refractivity contribution is 7.92. The van der Waals surface area contributed by atoms with Crippen LogP contribution in [0.4, 0.5) is 11.4 Å². The van der Waals surface area contributed by atoms with E-state index in [2.05, 4.69) is 10.0 Å². The molecule has 1 aliphatic rings. The van der Waals surface area contributed by atoms with Gasteiger partial charge in [-0.15, -0.1) is 0 Å². The van der Waals surface area contributed by atoms with Crippen LogP contribution in [0.25, 0.3) is 0 Å². The van der Waals surface area contributed by atoms with Gasteiger partial charge in [-0.05, 0) is 55.7 Å². The van der Waals surface area contributed by atoms with Gasteiger partial charge in [0.25, 0.3) is 11.8 Å². The second-order valence-electron chi connectivity index (χ2n) is 6.80. The van der Waals surface area contributed by atoms with Crippen molar-refractivity contribution in [2.24, 2.45) is 0 Å². The monoisotopic (exact) mass is 401 g/mol. The van der Waals surface area contributed by atoms with Crippen molar-refractivity contribution in [1.82, 2.24) is 4.90 Å². The number of hydrogen-bond acceptors (Lipinski definition) is 4. The molecule has 0 radical (unpaired) electrons. The number of nitrogens with one attached hydrogen (secondary N) is 2. The van der Waals surface area contributed by atoms with Crippen molar-refractivity contribution < 1.29 is 18.0 Å². The molecule has 0 aromatic heterocycles. The third-order valence-electron chi connectivity index (χ3n) is 4.50. The summed E-state index contributed by atoms with van der Waals surface area (Å²) in [7, 11) is -3.38. The molecule has 1 aliphatic heterocycles. The van der Waals surface area contributed by atoms with Gasteiger partial charge in [-0.1, -0.05) is 12.1 Å². The predicted octanol–water partition coefficient (Wildman–Crippen LogP) is 2.94. The molecule has 2 N–H and O–H groups in total. The molecule has 1 fully saturated rings. The van der Waals surface area contributed by atoms with Crippen LogP contribution in [0.15, 0.2) is 48.5 Å². The van der Waals surface area contributed by atoms with Crippen molar-refractivity contribution in [2.75, 3.05) is 29.4 Å². The Labute approximate surface area is 164 Å². The zero-order chi connectivity index (χ0) is 20.1. The quantitative estimate of drug-likeness (QED) is 0.805. The lowest BCUT2D eigenvalue weighted by Crippen LogP contribution is -2.36. The summed E-state index contributed by atoms with van der Waals surface area (Å²) >= 11 is 0.